The number of rotatable bonds is 5. The second-order valence-corrected chi connectivity index (χ2v) is 7.19. The third-order valence-corrected chi connectivity index (χ3v) is 4.46. The first-order valence-electron chi connectivity index (χ1n) is 7.67. The summed E-state index contributed by atoms with van der Waals surface area (Å²) in [5.41, 5.74) is 3.27. The highest BCUT2D eigenvalue weighted by Crippen LogP contribution is 2.16. The molecule has 0 aliphatic carbocycles. The summed E-state index contributed by atoms with van der Waals surface area (Å²) in [4.78, 5) is 20.2. The fourth-order valence-corrected chi connectivity index (χ4v) is 3.21. The molecule has 0 aliphatic rings. The number of carbonyl (C=O) groups excluding carboxylic acids is 1. The summed E-state index contributed by atoms with van der Waals surface area (Å²) >= 11 is 0. The number of hydrogen-bond donors (Lipinski definition) is 2. The van der Waals surface area contributed by atoms with Crippen LogP contribution in [0.25, 0.3) is 11.0 Å². The monoisotopic (exact) mass is 341 g/mol. The molecule has 6 heteroatoms. The maximum Gasteiger partial charge on any atom is 0.251 e. The first kappa shape index (κ1) is 16.4. The number of carbonyl (C=O) groups is 1. The average Bonchev–Trinajstić information content (AvgIpc) is 2.98. The van der Waals surface area contributed by atoms with E-state index in [0.29, 0.717) is 11.3 Å². The van der Waals surface area contributed by atoms with Gasteiger partial charge in [-0.1, -0.05) is 24.3 Å². The quantitative estimate of drug-likeness (QED) is 0.749. The maximum atomic E-state index is 12.5. The number of amides is 1. The zero-order chi connectivity index (χ0) is 17.1. The normalized spacial score (nSPS) is 13.6. The number of fused-ring (bicyclic) bond motifs is 1. The fraction of sp³-hybridized carbons (Fsp3) is 0.222. The van der Waals surface area contributed by atoms with Crippen molar-refractivity contribution in [2.45, 2.75) is 18.7 Å². The SMILES string of the molecule is C[C@H](NC(=O)c1cccc(CS(C)=O)c1)c1nc2ccccc2[nH]1. The molecular weight excluding hydrogens is 322 g/mol. The van der Waals surface area contributed by atoms with Gasteiger partial charge < -0.3 is 10.3 Å². The number of imidazole rings is 1. The molecule has 0 aliphatic heterocycles. The second kappa shape index (κ2) is 6.97. The third kappa shape index (κ3) is 3.71. The number of nitrogens with one attached hydrogen (secondary N) is 2. The highest BCUT2D eigenvalue weighted by atomic mass is 32.2. The maximum absolute atomic E-state index is 12.5. The second-order valence-electron chi connectivity index (χ2n) is 5.75. The first-order chi connectivity index (χ1) is 11.5. The van der Waals surface area contributed by atoms with Gasteiger partial charge in [-0.25, -0.2) is 4.98 Å². The van der Waals surface area contributed by atoms with Crippen LogP contribution in [0.15, 0.2) is 48.5 Å². The Morgan fingerprint density at radius 3 is 2.79 bits per heavy atom. The molecule has 5 nitrogen and oxygen atoms in total. The van der Waals surface area contributed by atoms with Crippen LogP contribution in [0.2, 0.25) is 0 Å². The molecule has 1 heterocycles. The molecule has 1 amide bonds. The number of aromatic amines is 1. The molecule has 2 aromatic carbocycles. The van der Waals surface area contributed by atoms with E-state index in [2.05, 4.69) is 15.3 Å². The Hall–Kier alpha value is -2.47. The van der Waals surface area contributed by atoms with Gasteiger partial charge in [0.05, 0.1) is 17.1 Å². The van der Waals surface area contributed by atoms with Gasteiger partial charge in [0.25, 0.3) is 5.91 Å². The van der Waals surface area contributed by atoms with E-state index >= 15 is 0 Å². The van der Waals surface area contributed by atoms with Gasteiger partial charge in [-0.05, 0) is 36.8 Å². The van der Waals surface area contributed by atoms with Gasteiger partial charge in [0.1, 0.15) is 5.82 Å². The summed E-state index contributed by atoms with van der Waals surface area (Å²) < 4.78 is 11.3. The number of nitrogens with zero attached hydrogens (tertiary/aromatic N) is 1. The van der Waals surface area contributed by atoms with Crippen LogP contribution in [0, 0.1) is 0 Å². The van der Waals surface area contributed by atoms with Gasteiger partial charge in [0.2, 0.25) is 0 Å². The Morgan fingerprint density at radius 1 is 1.25 bits per heavy atom. The molecule has 3 rings (SSSR count). The van der Waals surface area contributed by atoms with Crippen LogP contribution < -0.4 is 5.32 Å². The smallest absolute Gasteiger partial charge is 0.251 e. The van der Waals surface area contributed by atoms with Gasteiger partial charge in [-0.15, -0.1) is 0 Å². The van der Waals surface area contributed by atoms with Crippen LogP contribution in [0.3, 0.4) is 0 Å². The minimum Gasteiger partial charge on any atom is -0.342 e. The van der Waals surface area contributed by atoms with E-state index in [4.69, 9.17) is 0 Å². The number of hydrogen-bond acceptors (Lipinski definition) is 3. The van der Waals surface area contributed by atoms with Crippen LogP contribution in [-0.2, 0) is 16.6 Å². The van der Waals surface area contributed by atoms with Crippen LogP contribution in [-0.4, -0.2) is 26.3 Å². The largest absolute Gasteiger partial charge is 0.342 e. The summed E-state index contributed by atoms with van der Waals surface area (Å²) in [6.45, 7) is 1.89. The molecule has 0 radical (unpaired) electrons. The van der Waals surface area contributed by atoms with Crippen molar-refractivity contribution in [2.24, 2.45) is 0 Å². The summed E-state index contributed by atoms with van der Waals surface area (Å²) in [7, 11) is -0.934. The van der Waals surface area contributed by atoms with E-state index in [1.807, 2.05) is 43.3 Å². The Kier molecular flexibility index (Phi) is 4.76. The van der Waals surface area contributed by atoms with E-state index in [-0.39, 0.29) is 11.9 Å². The lowest BCUT2D eigenvalue weighted by Gasteiger charge is -2.12. The Labute approximate surface area is 143 Å². The van der Waals surface area contributed by atoms with Crippen LogP contribution in [0.1, 0.15) is 34.7 Å². The van der Waals surface area contributed by atoms with E-state index in [1.54, 1.807) is 18.4 Å². The van der Waals surface area contributed by atoms with Crippen molar-refractivity contribution in [3.63, 3.8) is 0 Å². The average molecular weight is 341 g/mol. The molecule has 2 atom stereocenters. The zero-order valence-corrected chi connectivity index (χ0v) is 14.4. The number of aromatic nitrogens is 2. The highest BCUT2D eigenvalue weighted by Gasteiger charge is 2.15. The van der Waals surface area contributed by atoms with E-state index in [9.17, 15) is 9.00 Å². The summed E-state index contributed by atoms with van der Waals surface area (Å²) in [6, 6.07) is 14.7. The molecule has 0 spiro atoms. The van der Waals surface area contributed by atoms with Crippen LogP contribution in [0.5, 0.6) is 0 Å². The van der Waals surface area contributed by atoms with Gasteiger partial charge in [-0.2, -0.15) is 0 Å². The molecule has 0 saturated heterocycles. The molecule has 3 aromatic rings. The van der Waals surface area contributed by atoms with Gasteiger partial charge in [0.15, 0.2) is 0 Å². The minimum atomic E-state index is -0.934. The molecule has 1 aromatic heterocycles. The molecular formula is C18H19N3O2S. The van der Waals surface area contributed by atoms with Crippen molar-refractivity contribution in [1.82, 2.24) is 15.3 Å². The van der Waals surface area contributed by atoms with Crippen molar-refractivity contribution in [1.29, 1.82) is 0 Å². The lowest BCUT2D eigenvalue weighted by molar-refractivity contribution is 0.0938. The Balaban J connectivity index is 1.75. The molecule has 24 heavy (non-hydrogen) atoms. The van der Waals surface area contributed by atoms with Crippen molar-refractivity contribution in [3.8, 4) is 0 Å². The molecule has 0 saturated carbocycles. The zero-order valence-electron chi connectivity index (χ0n) is 13.6. The lowest BCUT2D eigenvalue weighted by atomic mass is 10.1. The molecule has 124 valence electrons. The van der Waals surface area contributed by atoms with E-state index in [1.165, 1.54) is 0 Å². The van der Waals surface area contributed by atoms with Crippen molar-refractivity contribution >= 4 is 27.7 Å². The molecule has 2 N–H and O–H groups in total. The highest BCUT2D eigenvalue weighted by molar-refractivity contribution is 7.83. The summed E-state index contributed by atoms with van der Waals surface area (Å²) in [5.74, 6) is 0.988. The lowest BCUT2D eigenvalue weighted by Crippen LogP contribution is -2.27. The predicted molar refractivity (Wildman–Crippen MR) is 96.2 cm³/mol. The first-order valence-corrected chi connectivity index (χ1v) is 9.40. The third-order valence-electron chi connectivity index (χ3n) is 3.72. The molecule has 0 bridgehead atoms. The van der Waals surface area contributed by atoms with Crippen molar-refractivity contribution in [2.75, 3.05) is 6.26 Å². The Bertz CT molecular complexity index is 871. The molecule has 1 unspecified atom stereocenters. The van der Waals surface area contributed by atoms with Crippen LogP contribution >= 0.6 is 0 Å². The van der Waals surface area contributed by atoms with E-state index in [0.717, 1.165) is 22.4 Å². The minimum absolute atomic E-state index is 0.174. The van der Waals surface area contributed by atoms with Crippen LogP contribution in [0.4, 0.5) is 0 Å². The Morgan fingerprint density at radius 2 is 2.04 bits per heavy atom. The number of benzene rings is 2. The number of H-pyrrole nitrogens is 1. The number of para-hydroxylation sites is 2. The van der Waals surface area contributed by atoms with Gasteiger partial charge in [-0.3, -0.25) is 9.00 Å². The predicted octanol–water partition coefficient (Wildman–Crippen LogP) is 2.93. The van der Waals surface area contributed by atoms with E-state index < -0.39 is 10.8 Å². The van der Waals surface area contributed by atoms with Crippen molar-refractivity contribution in [3.05, 3.63) is 65.5 Å². The van der Waals surface area contributed by atoms with Gasteiger partial charge in [0, 0.05) is 28.4 Å². The van der Waals surface area contributed by atoms with Crippen molar-refractivity contribution < 1.29 is 9.00 Å². The topological polar surface area (TPSA) is 74.8 Å². The summed E-state index contributed by atoms with van der Waals surface area (Å²) in [6.07, 6.45) is 1.65. The standard InChI is InChI=1S/C18H19N3O2S/c1-12(17-20-15-8-3-4-9-16(15)21-17)19-18(22)14-7-5-6-13(10-14)11-24(2)23/h3-10,12H,11H2,1-2H3,(H,19,22)(H,20,21)/t12-,24?/m0/s1. The molecule has 0 fully saturated rings. The van der Waals surface area contributed by atoms with Gasteiger partial charge >= 0.3 is 0 Å². The fourth-order valence-electron chi connectivity index (χ4n) is 2.56. The summed E-state index contributed by atoms with van der Waals surface area (Å²) in [5, 5.41) is 2.95.